The number of amides is 1. The van der Waals surface area contributed by atoms with Crippen molar-refractivity contribution in [3.63, 3.8) is 0 Å². The monoisotopic (exact) mass is 317 g/mol. The topological polar surface area (TPSA) is 51.5 Å². The first kappa shape index (κ1) is 13.9. The number of hydrogen-bond donors (Lipinski definition) is 1. The second kappa shape index (κ2) is 5.14. The molecule has 1 N–H and O–H groups in total. The second-order valence-corrected chi connectivity index (χ2v) is 6.35. The number of halogens is 1. The average Bonchev–Trinajstić information content (AvgIpc) is 3.17. The molecule has 1 amide bonds. The van der Waals surface area contributed by atoms with E-state index in [-0.39, 0.29) is 11.4 Å². The second-order valence-electron chi connectivity index (χ2n) is 5.92. The van der Waals surface area contributed by atoms with Crippen molar-refractivity contribution in [2.45, 2.75) is 31.4 Å². The predicted octanol–water partition coefficient (Wildman–Crippen LogP) is 3.42. The van der Waals surface area contributed by atoms with Gasteiger partial charge in [-0.2, -0.15) is 0 Å². The molecule has 2 heterocycles. The number of nitrogens with one attached hydrogen (secondary N) is 1. The minimum absolute atomic E-state index is 0.152. The number of ether oxygens (including phenoxy) is 1. The molecule has 4 rings (SSSR count). The van der Waals surface area contributed by atoms with Gasteiger partial charge < -0.3 is 14.5 Å². The molecule has 1 aromatic carbocycles. The molecular weight excluding hydrogens is 302 g/mol. The van der Waals surface area contributed by atoms with Crippen LogP contribution in [0.5, 0.6) is 0 Å². The van der Waals surface area contributed by atoms with Gasteiger partial charge in [-0.1, -0.05) is 23.7 Å². The van der Waals surface area contributed by atoms with Gasteiger partial charge in [0, 0.05) is 22.6 Å². The number of carbonyl (C=O) groups is 1. The van der Waals surface area contributed by atoms with Gasteiger partial charge in [0.2, 0.25) is 0 Å². The van der Waals surface area contributed by atoms with Gasteiger partial charge in [0.25, 0.3) is 5.91 Å². The maximum Gasteiger partial charge on any atom is 0.287 e. The third kappa shape index (κ3) is 2.32. The van der Waals surface area contributed by atoms with Crippen LogP contribution in [0.15, 0.2) is 34.9 Å². The van der Waals surface area contributed by atoms with Crippen molar-refractivity contribution in [2.24, 2.45) is 0 Å². The van der Waals surface area contributed by atoms with Crippen LogP contribution in [0.3, 0.4) is 0 Å². The molecule has 1 saturated carbocycles. The van der Waals surface area contributed by atoms with E-state index in [1.54, 1.807) is 6.26 Å². The number of carbonyl (C=O) groups excluding carboxylic acids is 1. The first-order chi connectivity index (χ1) is 10.7. The van der Waals surface area contributed by atoms with E-state index in [4.69, 9.17) is 20.8 Å². The predicted molar refractivity (Wildman–Crippen MR) is 81.9 cm³/mol. The van der Waals surface area contributed by atoms with Crippen molar-refractivity contribution in [3.05, 3.63) is 58.0 Å². The van der Waals surface area contributed by atoms with E-state index in [2.05, 4.69) is 5.32 Å². The normalized spacial score (nSPS) is 18.6. The fourth-order valence-corrected chi connectivity index (χ4v) is 3.22. The van der Waals surface area contributed by atoms with E-state index >= 15 is 0 Å². The molecule has 5 heteroatoms. The van der Waals surface area contributed by atoms with Gasteiger partial charge in [-0.15, -0.1) is 0 Å². The Labute approximate surface area is 133 Å². The summed E-state index contributed by atoms with van der Waals surface area (Å²) in [4.78, 5) is 12.6. The molecule has 0 atom stereocenters. The number of rotatable bonds is 3. The summed E-state index contributed by atoms with van der Waals surface area (Å²) in [5.41, 5.74) is 2.71. The fraction of sp³-hybridized carbons (Fsp3) is 0.353. The first-order valence-electron chi connectivity index (χ1n) is 7.43. The maximum absolute atomic E-state index is 12.6. The van der Waals surface area contributed by atoms with Crippen molar-refractivity contribution in [1.29, 1.82) is 0 Å². The van der Waals surface area contributed by atoms with Gasteiger partial charge in [-0.05, 0) is 30.5 Å². The van der Waals surface area contributed by atoms with Crippen molar-refractivity contribution in [1.82, 2.24) is 5.32 Å². The molecule has 22 heavy (non-hydrogen) atoms. The van der Waals surface area contributed by atoms with Crippen LogP contribution in [0.4, 0.5) is 0 Å². The SMILES string of the molecule is O=C(NC1(c2cccc(Cl)c2)CC1)c1occ2c1CCOC2. The molecular formula is C17H16ClNO3. The lowest BCUT2D eigenvalue weighted by molar-refractivity contribution is 0.0897. The van der Waals surface area contributed by atoms with E-state index in [0.29, 0.717) is 24.0 Å². The molecule has 1 fully saturated rings. The van der Waals surface area contributed by atoms with Gasteiger partial charge in [0.15, 0.2) is 5.76 Å². The first-order valence-corrected chi connectivity index (χ1v) is 7.81. The third-order valence-corrected chi connectivity index (χ3v) is 4.66. The van der Waals surface area contributed by atoms with Crippen molar-refractivity contribution in [2.75, 3.05) is 6.61 Å². The van der Waals surface area contributed by atoms with E-state index in [1.165, 1.54) is 0 Å². The smallest absolute Gasteiger partial charge is 0.287 e. The van der Waals surface area contributed by atoms with Crippen LogP contribution >= 0.6 is 11.6 Å². The molecule has 1 aliphatic heterocycles. The lowest BCUT2D eigenvalue weighted by Crippen LogP contribution is -2.35. The Balaban J connectivity index is 1.58. The summed E-state index contributed by atoms with van der Waals surface area (Å²) in [6.07, 6.45) is 4.19. The molecule has 2 aromatic rings. The molecule has 114 valence electrons. The maximum atomic E-state index is 12.6. The van der Waals surface area contributed by atoms with E-state index < -0.39 is 0 Å². The number of benzene rings is 1. The number of furan rings is 1. The zero-order chi connectivity index (χ0) is 15.2. The summed E-state index contributed by atoms with van der Waals surface area (Å²) < 4.78 is 10.9. The van der Waals surface area contributed by atoms with Gasteiger partial charge in [0.1, 0.15) is 0 Å². The largest absolute Gasteiger partial charge is 0.459 e. The van der Waals surface area contributed by atoms with Gasteiger partial charge in [-0.3, -0.25) is 4.79 Å². The molecule has 1 aromatic heterocycles. The zero-order valence-corrected chi connectivity index (χ0v) is 12.8. The number of fused-ring (bicyclic) bond motifs is 1. The Morgan fingerprint density at radius 2 is 2.18 bits per heavy atom. The van der Waals surface area contributed by atoms with E-state index in [0.717, 1.165) is 36.0 Å². The van der Waals surface area contributed by atoms with Gasteiger partial charge in [0.05, 0.1) is 25.0 Å². The van der Waals surface area contributed by atoms with Crippen LogP contribution in [-0.2, 0) is 23.3 Å². The molecule has 4 nitrogen and oxygen atoms in total. The highest BCUT2D eigenvalue weighted by molar-refractivity contribution is 6.30. The lowest BCUT2D eigenvalue weighted by Gasteiger charge is -2.18. The van der Waals surface area contributed by atoms with Crippen LogP contribution in [-0.4, -0.2) is 12.5 Å². The summed E-state index contributed by atoms with van der Waals surface area (Å²) in [5.74, 6) is 0.271. The van der Waals surface area contributed by atoms with E-state index in [1.807, 2.05) is 24.3 Å². The molecule has 0 unspecified atom stereocenters. The average molecular weight is 318 g/mol. The molecule has 0 saturated heterocycles. The van der Waals surface area contributed by atoms with E-state index in [9.17, 15) is 4.79 Å². The van der Waals surface area contributed by atoms with Crippen LogP contribution in [0, 0.1) is 0 Å². The molecule has 1 aliphatic carbocycles. The Bertz CT molecular complexity index is 733. The summed E-state index contributed by atoms with van der Waals surface area (Å²) in [5, 5.41) is 3.82. The van der Waals surface area contributed by atoms with Crippen LogP contribution < -0.4 is 5.32 Å². The van der Waals surface area contributed by atoms with Crippen LogP contribution in [0.1, 0.15) is 40.1 Å². The standard InChI is InChI=1S/C17H16ClNO3/c18-13-3-1-2-12(8-13)17(5-6-17)19-16(20)15-14-4-7-21-9-11(14)10-22-15/h1-3,8,10H,4-7,9H2,(H,19,20). The molecule has 0 radical (unpaired) electrons. The lowest BCUT2D eigenvalue weighted by atomic mass is 10.0. The van der Waals surface area contributed by atoms with Crippen LogP contribution in [0.2, 0.25) is 5.02 Å². The van der Waals surface area contributed by atoms with Crippen molar-refractivity contribution in [3.8, 4) is 0 Å². The Morgan fingerprint density at radius 1 is 1.32 bits per heavy atom. The Morgan fingerprint density at radius 3 is 2.95 bits per heavy atom. The van der Waals surface area contributed by atoms with Gasteiger partial charge in [-0.25, -0.2) is 0 Å². The Hall–Kier alpha value is -1.78. The minimum atomic E-state index is -0.299. The summed E-state index contributed by atoms with van der Waals surface area (Å²) in [6.45, 7) is 1.15. The summed E-state index contributed by atoms with van der Waals surface area (Å²) in [6, 6.07) is 7.67. The van der Waals surface area contributed by atoms with Crippen molar-refractivity contribution >= 4 is 17.5 Å². The zero-order valence-electron chi connectivity index (χ0n) is 12.0. The Kier molecular flexibility index (Phi) is 3.24. The fourth-order valence-electron chi connectivity index (χ4n) is 3.03. The highest BCUT2D eigenvalue weighted by Gasteiger charge is 2.46. The van der Waals surface area contributed by atoms with Gasteiger partial charge >= 0.3 is 0 Å². The molecule has 0 bridgehead atoms. The molecule has 0 spiro atoms. The van der Waals surface area contributed by atoms with Crippen molar-refractivity contribution < 1.29 is 13.9 Å². The third-order valence-electron chi connectivity index (χ3n) is 4.42. The number of hydrogen-bond acceptors (Lipinski definition) is 3. The van der Waals surface area contributed by atoms with Crippen LogP contribution in [0.25, 0.3) is 0 Å². The highest BCUT2D eigenvalue weighted by atomic mass is 35.5. The summed E-state index contributed by atoms with van der Waals surface area (Å²) in [7, 11) is 0. The highest BCUT2D eigenvalue weighted by Crippen LogP contribution is 2.46. The summed E-state index contributed by atoms with van der Waals surface area (Å²) >= 11 is 6.06. The quantitative estimate of drug-likeness (QED) is 0.943. The molecule has 2 aliphatic rings. The minimum Gasteiger partial charge on any atom is -0.459 e.